The van der Waals surface area contributed by atoms with Crippen LogP contribution in [-0.4, -0.2) is 27.9 Å². The average molecular weight is 288 g/mol. The average Bonchev–Trinajstić information content (AvgIpc) is 2.49. The molecule has 4 heteroatoms. The Balaban J connectivity index is 1.82. The number of aromatic hydroxyl groups is 2. The maximum atomic E-state index is 10.3. The lowest BCUT2D eigenvalue weighted by Gasteiger charge is -2.18. The number of phenolic OH excluding ortho intramolecular Hbond substituents is 2. The Bertz CT molecular complexity index is 551. The van der Waals surface area contributed by atoms with Crippen molar-refractivity contribution in [2.75, 3.05) is 6.54 Å². The standard InChI is InChI=1S/C17H21NO3/c1-12(17(21)14-4-8-16(20)9-5-14)18-11-10-13-2-6-15(19)7-3-13/h2-9,12,17-21H,10-11H2,1H3/p+1/t12-,17+/m1/s1. The third kappa shape index (κ3) is 4.48. The minimum absolute atomic E-state index is 0.0339. The lowest BCUT2D eigenvalue weighted by atomic mass is 10.0. The third-order valence-corrected chi connectivity index (χ3v) is 3.64. The first-order chi connectivity index (χ1) is 10.1. The lowest BCUT2D eigenvalue weighted by molar-refractivity contribution is -0.694. The van der Waals surface area contributed by atoms with E-state index in [2.05, 4.69) is 5.32 Å². The van der Waals surface area contributed by atoms with Crippen molar-refractivity contribution in [3.05, 3.63) is 59.7 Å². The second-order valence-corrected chi connectivity index (χ2v) is 5.34. The topological polar surface area (TPSA) is 77.3 Å². The normalized spacial score (nSPS) is 13.8. The number of quaternary nitrogens is 1. The van der Waals surface area contributed by atoms with Crippen LogP contribution in [0.1, 0.15) is 24.2 Å². The van der Waals surface area contributed by atoms with E-state index in [-0.39, 0.29) is 17.5 Å². The van der Waals surface area contributed by atoms with Crippen LogP contribution in [0.3, 0.4) is 0 Å². The summed E-state index contributed by atoms with van der Waals surface area (Å²) >= 11 is 0. The summed E-state index contributed by atoms with van der Waals surface area (Å²) < 4.78 is 0. The van der Waals surface area contributed by atoms with Crippen molar-refractivity contribution in [3.8, 4) is 11.5 Å². The predicted octanol–water partition coefficient (Wildman–Crippen LogP) is 1.33. The number of rotatable bonds is 6. The van der Waals surface area contributed by atoms with Crippen LogP contribution in [0.25, 0.3) is 0 Å². The van der Waals surface area contributed by atoms with Gasteiger partial charge >= 0.3 is 0 Å². The summed E-state index contributed by atoms with van der Waals surface area (Å²) in [7, 11) is 0. The van der Waals surface area contributed by atoms with Crippen LogP contribution in [-0.2, 0) is 6.42 Å². The first-order valence-electron chi connectivity index (χ1n) is 7.14. The van der Waals surface area contributed by atoms with Gasteiger partial charge in [0.05, 0.1) is 6.54 Å². The van der Waals surface area contributed by atoms with Gasteiger partial charge < -0.3 is 20.6 Å². The summed E-state index contributed by atoms with van der Waals surface area (Å²) in [6, 6.07) is 13.9. The fourth-order valence-corrected chi connectivity index (χ4v) is 2.28. The summed E-state index contributed by atoms with van der Waals surface area (Å²) in [6.45, 7) is 2.84. The van der Waals surface area contributed by atoms with E-state index in [1.54, 1.807) is 36.4 Å². The van der Waals surface area contributed by atoms with Gasteiger partial charge in [-0.1, -0.05) is 24.3 Å². The molecule has 112 valence electrons. The van der Waals surface area contributed by atoms with Gasteiger partial charge in [0.15, 0.2) is 0 Å². The number of hydrogen-bond donors (Lipinski definition) is 4. The van der Waals surface area contributed by atoms with Crippen molar-refractivity contribution in [2.45, 2.75) is 25.5 Å². The molecule has 0 aromatic heterocycles. The molecule has 0 spiro atoms. The highest BCUT2D eigenvalue weighted by molar-refractivity contribution is 5.27. The molecule has 0 saturated carbocycles. The summed E-state index contributed by atoms with van der Waals surface area (Å²) in [4.78, 5) is 0. The van der Waals surface area contributed by atoms with Gasteiger partial charge in [-0.05, 0) is 42.3 Å². The molecule has 0 heterocycles. The highest BCUT2D eigenvalue weighted by Crippen LogP contribution is 2.18. The minimum Gasteiger partial charge on any atom is -0.508 e. The van der Waals surface area contributed by atoms with E-state index < -0.39 is 6.10 Å². The molecule has 2 rings (SSSR count). The third-order valence-electron chi connectivity index (χ3n) is 3.64. The van der Waals surface area contributed by atoms with Crippen LogP contribution in [0.15, 0.2) is 48.5 Å². The maximum Gasteiger partial charge on any atom is 0.130 e. The van der Waals surface area contributed by atoms with Gasteiger partial charge in [0, 0.05) is 6.42 Å². The van der Waals surface area contributed by atoms with Crippen LogP contribution in [0.5, 0.6) is 11.5 Å². The van der Waals surface area contributed by atoms with E-state index in [1.807, 2.05) is 19.1 Å². The van der Waals surface area contributed by atoms with Crippen molar-refractivity contribution in [2.24, 2.45) is 0 Å². The molecule has 0 unspecified atom stereocenters. The Morgan fingerprint density at radius 1 is 0.905 bits per heavy atom. The summed E-state index contributed by atoms with van der Waals surface area (Å²) in [5.41, 5.74) is 1.97. The highest BCUT2D eigenvalue weighted by atomic mass is 16.3. The fraction of sp³-hybridized carbons (Fsp3) is 0.294. The molecule has 0 bridgehead atoms. The molecule has 2 atom stereocenters. The Kier molecular flexibility index (Phi) is 5.20. The Morgan fingerprint density at radius 3 is 2.00 bits per heavy atom. The second kappa shape index (κ2) is 7.11. The van der Waals surface area contributed by atoms with Crippen LogP contribution >= 0.6 is 0 Å². The maximum absolute atomic E-state index is 10.3. The zero-order valence-corrected chi connectivity index (χ0v) is 12.1. The van der Waals surface area contributed by atoms with Crippen LogP contribution in [0.4, 0.5) is 0 Å². The minimum atomic E-state index is -0.564. The number of benzene rings is 2. The molecule has 0 saturated heterocycles. The molecule has 0 aliphatic rings. The first-order valence-corrected chi connectivity index (χ1v) is 7.14. The number of phenols is 2. The SMILES string of the molecule is C[C@@H]([NH2+]CCc1ccc(O)cc1)[C@H](O)c1ccc(O)cc1. The molecule has 0 radical (unpaired) electrons. The van der Waals surface area contributed by atoms with Gasteiger partial charge in [-0.15, -0.1) is 0 Å². The van der Waals surface area contributed by atoms with Crippen molar-refractivity contribution >= 4 is 0 Å². The van der Waals surface area contributed by atoms with Gasteiger partial charge in [-0.3, -0.25) is 0 Å². The van der Waals surface area contributed by atoms with Gasteiger partial charge in [0.2, 0.25) is 0 Å². The van der Waals surface area contributed by atoms with E-state index in [0.717, 1.165) is 24.1 Å². The molecular weight excluding hydrogens is 266 g/mol. The highest BCUT2D eigenvalue weighted by Gasteiger charge is 2.18. The van der Waals surface area contributed by atoms with E-state index in [9.17, 15) is 15.3 Å². The number of hydrogen-bond acceptors (Lipinski definition) is 3. The molecule has 2 aromatic rings. The monoisotopic (exact) mass is 288 g/mol. The molecule has 0 amide bonds. The molecule has 0 fully saturated rings. The summed E-state index contributed by atoms with van der Waals surface area (Å²) in [5.74, 6) is 0.480. The second-order valence-electron chi connectivity index (χ2n) is 5.34. The van der Waals surface area contributed by atoms with Crippen LogP contribution < -0.4 is 5.32 Å². The van der Waals surface area contributed by atoms with Gasteiger partial charge in [-0.2, -0.15) is 0 Å². The zero-order chi connectivity index (χ0) is 15.2. The first kappa shape index (κ1) is 15.4. The molecule has 0 aliphatic heterocycles. The van der Waals surface area contributed by atoms with Gasteiger partial charge in [0.25, 0.3) is 0 Å². The molecule has 2 aromatic carbocycles. The number of nitrogens with two attached hydrogens (primary N) is 1. The zero-order valence-electron chi connectivity index (χ0n) is 12.1. The van der Waals surface area contributed by atoms with Crippen molar-refractivity contribution in [1.29, 1.82) is 0 Å². The fourth-order valence-electron chi connectivity index (χ4n) is 2.28. The largest absolute Gasteiger partial charge is 0.508 e. The van der Waals surface area contributed by atoms with Crippen molar-refractivity contribution < 1.29 is 20.6 Å². The lowest BCUT2D eigenvalue weighted by Crippen LogP contribution is -2.90. The predicted molar refractivity (Wildman–Crippen MR) is 81.1 cm³/mol. The van der Waals surface area contributed by atoms with Crippen molar-refractivity contribution in [3.63, 3.8) is 0 Å². The molecule has 0 aliphatic carbocycles. The number of aliphatic hydroxyl groups is 1. The molecular formula is C17H22NO3+. The summed E-state index contributed by atoms with van der Waals surface area (Å²) in [6.07, 6.45) is 0.317. The van der Waals surface area contributed by atoms with Gasteiger partial charge in [-0.25, -0.2) is 0 Å². The Hall–Kier alpha value is -2.04. The van der Waals surface area contributed by atoms with E-state index in [0.29, 0.717) is 0 Å². The van der Waals surface area contributed by atoms with Crippen molar-refractivity contribution in [1.82, 2.24) is 0 Å². The summed E-state index contributed by atoms with van der Waals surface area (Å²) in [5, 5.41) is 30.9. The van der Waals surface area contributed by atoms with E-state index in [4.69, 9.17) is 0 Å². The van der Waals surface area contributed by atoms with E-state index >= 15 is 0 Å². The number of aliphatic hydroxyl groups excluding tert-OH is 1. The molecule has 5 N–H and O–H groups in total. The molecule has 4 nitrogen and oxygen atoms in total. The molecule has 21 heavy (non-hydrogen) atoms. The van der Waals surface area contributed by atoms with Gasteiger partial charge in [0.1, 0.15) is 23.6 Å². The Labute approximate surface area is 124 Å². The Morgan fingerprint density at radius 2 is 1.43 bits per heavy atom. The van der Waals surface area contributed by atoms with E-state index in [1.165, 1.54) is 0 Å². The smallest absolute Gasteiger partial charge is 0.130 e. The van der Waals surface area contributed by atoms with Crippen LogP contribution in [0, 0.1) is 0 Å². The van der Waals surface area contributed by atoms with Crippen LogP contribution in [0.2, 0.25) is 0 Å². The quantitative estimate of drug-likeness (QED) is 0.647.